The molecule has 0 radical (unpaired) electrons. The first kappa shape index (κ1) is 15.4. The molecule has 2 aromatic carbocycles. The van der Waals surface area contributed by atoms with Crippen molar-refractivity contribution in [3.05, 3.63) is 71.8 Å². The molecule has 0 aromatic heterocycles. The Labute approximate surface area is 126 Å². The van der Waals surface area contributed by atoms with E-state index in [1.54, 1.807) is 0 Å². The summed E-state index contributed by atoms with van der Waals surface area (Å²) < 4.78 is 23.3. The van der Waals surface area contributed by atoms with Crippen molar-refractivity contribution in [2.75, 3.05) is 6.26 Å². The molecule has 0 spiro atoms. The van der Waals surface area contributed by atoms with E-state index in [0.717, 1.165) is 11.1 Å². The molecule has 0 aliphatic rings. The first-order valence-electron chi connectivity index (χ1n) is 6.16. The van der Waals surface area contributed by atoms with E-state index < -0.39 is 23.7 Å². The second kappa shape index (κ2) is 6.62. The zero-order valence-corrected chi connectivity index (χ0v) is 13.6. The van der Waals surface area contributed by atoms with Gasteiger partial charge in [0.15, 0.2) is 0 Å². The summed E-state index contributed by atoms with van der Waals surface area (Å²) in [6.07, 6.45) is 1.29. The Balaban J connectivity index is 2.37. The van der Waals surface area contributed by atoms with Gasteiger partial charge >= 0.3 is 126 Å². The number of rotatable bonds is 5. The molecule has 5 heteroatoms. The minimum absolute atomic E-state index is 0.152. The molecule has 2 rings (SSSR count). The minimum atomic E-state index is -3.01. The Kier molecular flexibility index (Phi) is 5.08. The first-order valence-corrected chi connectivity index (χ1v) is 11.1. The normalized spacial score (nSPS) is 14.9. The van der Waals surface area contributed by atoms with Gasteiger partial charge in [0.25, 0.3) is 0 Å². The zero-order chi connectivity index (χ0) is 14.6. The van der Waals surface area contributed by atoms with Gasteiger partial charge in [0.1, 0.15) is 0 Å². The summed E-state index contributed by atoms with van der Waals surface area (Å²) in [5, 5.41) is 0. The topological polar surface area (TPSA) is 60.2 Å². The molecular formula is C15H17NO2RuS. The van der Waals surface area contributed by atoms with Crippen molar-refractivity contribution in [1.82, 2.24) is 0 Å². The van der Waals surface area contributed by atoms with Crippen LogP contribution >= 0.6 is 0 Å². The van der Waals surface area contributed by atoms with E-state index in [4.69, 9.17) is 5.73 Å². The SMILES string of the molecule is C[S](=O)(=O)[Ru][C@@H](c1ccccc1)[C@@H](N)c1ccccc1. The van der Waals surface area contributed by atoms with Gasteiger partial charge in [0.2, 0.25) is 0 Å². The summed E-state index contributed by atoms with van der Waals surface area (Å²) in [6.45, 7) is 0. The number of benzene rings is 2. The molecule has 2 aromatic rings. The fourth-order valence-electron chi connectivity index (χ4n) is 1.94. The van der Waals surface area contributed by atoms with Gasteiger partial charge in [-0.1, -0.05) is 0 Å². The van der Waals surface area contributed by atoms with Crippen molar-refractivity contribution in [2.45, 2.75) is 10.6 Å². The fraction of sp³-hybridized carbons (Fsp3) is 0.200. The second-order valence-electron chi connectivity index (χ2n) is 4.48. The number of hydrogen-bond acceptors (Lipinski definition) is 3. The van der Waals surface area contributed by atoms with E-state index in [9.17, 15) is 8.42 Å². The Bertz CT molecular complexity index is 644. The molecule has 0 aliphatic carbocycles. The molecule has 0 amide bonds. The predicted molar refractivity (Wildman–Crippen MR) is 77.4 cm³/mol. The Morgan fingerprint density at radius 2 is 1.35 bits per heavy atom. The third-order valence-electron chi connectivity index (χ3n) is 2.84. The molecule has 0 aliphatic heterocycles. The number of nitrogens with two attached hydrogens (primary N) is 1. The molecule has 2 atom stereocenters. The third-order valence-corrected chi connectivity index (χ3v) is 8.08. The molecule has 0 bridgehead atoms. The van der Waals surface area contributed by atoms with Crippen molar-refractivity contribution >= 4 is 7.83 Å². The third kappa shape index (κ3) is 4.24. The molecular weight excluding hydrogens is 359 g/mol. The Morgan fingerprint density at radius 3 is 1.80 bits per heavy atom. The second-order valence-corrected chi connectivity index (χ2v) is 12.2. The van der Waals surface area contributed by atoms with E-state index in [0.29, 0.717) is 0 Å². The first-order chi connectivity index (χ1) is 9.47. The van der Waals surface area contributed by atoms with Gasteiger partial charge in [0, 0.05) is 0 Å². The van der Waals surface area contributed by atoms with Gasteiger partial charge in [-0.05, 0) is 0 Å². The molecule has 0 saturated carbocycles. The van der Waals surface area contributed by atoms with Crippen molar-refractivity contribution in [3.8, 4) is 0 Å². The molecule has 0 heterocycles. The molecule has 0 unspecified atom stereocenters. The fourth-order valence-corrected chi connectivity index (χ4v) is 7.02. The maximum atomic E-state index is 11.7. The standard InChI is InChI=1S/C14H14N.CH3O2S.Ru/c15-14(13-9-5-2-6-10-13)11-12-7-3-1-4-8-12;1-4(2)3;/h1-11,14H,15H2;1H3;/t14-;;/m1../s1. The molecule has 20 heavy (non-hydrogen) atoms. The molecule has 3 nitrogen and oxygen atoms in total. The summed E-state index contributed by atoms with van der Waals surface area (Å²) in [6, 6.07) is 19.0. The van der Waals surface area contributed by atoms with E-state index in [1.807, 2.05) is 60.7 Å². The van der Waals surface area contributed by atoms with Crippen molar-refractivity contribution in [2.24, 2.45) is 5.73 Å². The van der Waals surface area contributed by atoms with E-state index in [1.165, 1.54) is 6.26 Å². The van der Waals surface area contributed by atoms with Crippen LogP contribution in [0.15, 0.2) is 60.7 Å². The molecule has 0 fully saturated rings. The monoisotopic (exact) mass is 377 g/mol. The van der Waals surface area contributed by atoms with E-state index >= 15 is 0 Å². The van der Waals surface area contributed by atoms with E-state index in [-0.39, 0.29) is 10.6 Å². The van der Waals surface area contributed by atoms with Crippen LogP contribution in [0.1, 0.15) is 21.7 Å². The van der Waals surface area contributed by atoms with Crippen LogP contribution < -0.4 is 5.73 Å². The van der Waals surface area contributed by atoms with Crippen LogP contribution in [0.4, 0.5) is 0 Å². The van der Waals surface area contributed by atoms with Gasteiger partial charge in [0.05, 0.1) is 0 Å². The van der Waals surface area contributed by atoms with Gasteiger partial charge < -0.3 is 0 Å². The molecule has 0 saturated heterocycles. The molecule has 2 N–H and O–H groups in total. The Morgan fingerprint density at radius 1 is 0.900 bits per heavy atom. The van der Waals surface area contributed by atoms with Crippen LogP contribution in [-0.2, 0) is 23.7 Å². The summed E-state index contributed by atoms with van der Waals surface area (Å²) in [5.74, 6) is 0. The van der Waals surface area contributed by atoms with Gasteiger partial charge in [-0.25, -0.2) is 0 Å². The summed E-state index contributed by atoms with van der Waals surface area (Å²) in [7, 11) is -3.01. The van der Waals surface area contributed by atoms with Crippen molar-refractivity contribution in [3.63, 3.8) is 0 Å². The van der Waals surface area contributed by atoms with Crippen LogP contribution in [0.3, 0.4) is 0 Å². The van der Waals surface area contributed by atoms with Gasteiger partial charge in [-0.2, -0.15) is 0 Å². The Hall–Kier alpha value is -1.03. The predicted octanol–water partition coefficient (Wildman–Crippen LogP) is 2.47. The van der Waals surface area contributed by atoms with Crippen molar-refractivity contribution in [1.29, 1.82) is 0 Å². The summed E-state index contributed by atoms with van der Waals surface area (Å²) in [4.78, 5) is 0. The van der Waals surface area contributed by atoms with Crippen LogP contribution in [0.5, 0.6) is 0 Å². The summed E-state index contributed by atoms with van der Waals surface area (Å²) >= 11 is -0.876. The van der Waals surface area contributed by atoms with E-state index in [2.05, 4.69) is 0 Å². The maximum absolute atomic E-state index is 11.7. The van der Waals surface area contributed by atoms with Crippen LogP contribution in [0.25, 0.3) is 0 Å². The zero-order valence-electron chi connectivity index (χ0n) is 11.1. The van der Waals surface area contributed by atoms with Gasteiger partial charge in [-0.15, -0.1) is 0 Å². The average Bonchev–Trinajstić information content (AvgIpc) is 2.45. The van der Waals surface area contributed by atoms with Crippen LogP contribution in [0, 0.1) is 0 Å². The van der Waals surface area contributed by atoms with Crippen LogP contribution in [-0.4, -0.2) is 14.7 Å². The van der Waals surface area contributed by atoms with Gasteiger partial charge in [-0.3, -0.25) is 0 Å². The molecule has 108 valence electrons. The van der Waals surface area contributed by atoms with Crippen LogP contribution in [0.2, 0.25) is 0 Å². The summed E-state index contributed by atoms with van der Waals surface area (Å²) in [5.41, 5.74) is 8.30. The average molecular weight is 376 g/mol. The number of hydrogen-bond donors (Lipinski definition) is 1. The van der Waals surface area contributed by atoms with Crippen molar-refractivity contribution < 1.29 is 24.3 Å². The quantitative estimate of drug-likeness (QED) is 0.816.